The normalized spacial score (nSPS) is 17.2. The average molecular weight is 285 g/mol. The molecule has 20 heavy (non-hydrogen) atoms. The molecule has 3 heteroatoms. The summed E-state index contributed by atoms with van der Waals surface area (Å²) in [5.74, 6) is 0.278. The fraction of sp³-hybridized carbons (Fsp3) is 0.353. The van der Waals surface area contributed by atoms with Gasteiger partial charge in [-0.2, -0.15) is 0 Å². The third kappa shape index (κ3) is 2.63. The van der Waals surface area contributed by atoms with Gasteiger partial charge in [-0.15, -0.1) is 11.3 Å². The van der Waals surface area contributed by atoms with Crippen LogP contribution in [0.3, 0.4) is 0 Å². The Balaban J connectivity index is 1.58. The number of benzene rings is 1. The van der Waals surface area contributed by atoms with Crippen LogP contribution in [-0.4, -0.2) is 18.4 Å². The second kappa shape index (κ2) is 5.80. The predicted octanol–water partition coefficient (Wildman–Crippen LogP) is 4.16. The van der Waals surface area contributed by atoms with Crippen molar-refractivity contribution in [1.29, 1.82) is 0 Å². The number of thiophene rings is 1. The Morgan fingerprint density at radius 2 is 2.15 bits per heavy atom. The molecule has 0 fully saturated rings. The zero-order chi connectivity index (χ0) is 13.9. The van der Waals surface area contributed by atoms with Gasteiger partial charge in [-0.1, -0.05) is 24.3 Å². The van der Waals surface area contributed by atoms with E-state index in [0.717, 1.165) is 24.3 Å². The Hall–Kier alpha value is -1.61. The Kier molecular flexibility index (Phi) is 3.88. The van der Waals surface area contributed by atoms with Crippen LogP contribution in [0.2, 0.25) is 0 Å². The Morgan fingerprint density at radius 1 is 1.30 bits per heavy atom. The molecule has 2 aromatic rings. The highest BCUT2D eigenvalue weighted by Crippen LogP contribution is 2.31. The number of Topliss-reactive ketones (excluding diaryl/α,β-unsaturated/α-hetero) is 1. The van der Waals surface area contributed by atoms with Gasteiger partial charge >= 0.3 is 0 Å². The van der Waals surface area contributed by atoms with E-state index in [2.05, 4.69) is 36.1 Å². The number of fused-ring (bicyclic) bond motifs is 1. The van der Waals surface area contributed by atoms with Crippen molar-refractivity contribution in [2.45, 2.75) is 32.2 Å². The summed E-state index contributed by atoms with van der Waals surface area (Å²) in [5.41, 5.74) is 2.79. The van der Waals surface area contributed by atoms with E-state index < -0.39 is 0 Å². The van der Waals surface area contributed by atoms with Crippen LogP contribution in [0.15, 0.2) is 41.8 Å². The van der Waals surface area contributed by atoms with Crippen LogP contribution in [0.5, 0.6) is 0 Å². The molecule has 0 spiro atoms. The smallest absolute Gasteiger partial charge is 0.172 e. The summed E-state index contributed by atoms with van der Waals surface area (Å²) in [5, 5.41) is 1.96. The van der Waals surface area contributed by atoms with Gasteiger partial charge in [0.15, 0.2) is 5.78 Å². The first-order valence-corrected chi connectivity index (χ1v) is 8.05. The number of rotatable bonds is 5. The van der Waals surface area contributed by atoms with E-state index in [9.17, 15) is 4.79 Å². The maximum Gasteiger partial charge on any atom is 0.172 e. The molecule has 2 nitrogen and oxygen atoms in total. The van der Waals surface area contributed by atoms with Crippen LogP contribution in [0.25, 0.3) is 0 Å². The summed E-state index contributed by atoms with van der Waals surface area (Å²) in [6, 6.07) is 13.0. The minimum Gasteiger partial charge on any atom is -0.368 e. The lowest BCUT2D eigenvalue weighted by Gasteiger charge is -2.24. The first kappa shape index (κ1) is 13.4. The molecule has 0 radical (unpaired) electrons. The standard InChI is InChI=1S/C17H19NOS/c1-13-12-14-6-2-3-7-15(14)18(13)10-4-8-16(19)17-9-5-11-20-17/h2-3,5-7,9,11,13H,4,8,10,12H2,1H3. The Morgan fingerprint density at radius 3 is 2.95 bits per heavy atom. The first-order valence-electron chi connectivity index (χ1n) is 7.17. The van der Waals surface area contributed by atoms with Gasteiger partial charge < -0.3 is 4.90 Å². The number of carbonyl (C=O) groups is 1. The van der Waals surface area contributed by atoms with Crippen LogP contribution in [0, 0.1) is 0 Å². The summed E-state index contributed by atoms with van der Waals surface area (Å²) in [4.78, 5) is 15.3. The zero-order valence-electron chi connectivity index (χ0n) is 11.7. The van der Waals surface area contributed by atoms with Crippen LogP contribution >= 0.6 is 11.3 Å². The van der Waals surface area contributed by atoms with E-state index >= 15 is 0 Å². The van der Waals surface area contributed by atoms with E-state index in [1.54, 1.807) is 0 Å². The largest absolute Gasteiger partial charge is 0.368 e. The lowest BCUT2D eigenvalue weighted by atomic mass is 10.1. The van der Waals surface area contributed by atoms with Crippen LogP contribution in [0.4, 0.5) is 5.69 Å². The molecule has 0 amide bonds. The van der Waals surface area contributed by atoms with Crippen LogP contribution in [-0.2, 0) is 6.42 Å². The topological polar surface area (TPSA) is 20.3 Å². The molecule has 0 saturated heterocycles. The molecule has 1 unspecified atom stereocenters. The van der Waals surface area contributed by atoms with Crippen molar-refractivity contribution in [3.63, 3.8) is 0 Å². The van der Waals surface area contributed by atoms with E-state index in [0.29, 0.717) is 12.5 Å². The molecule has 0 N–H and O–H groups in total. The molecule has 1 aliphatic rings. The zero-order valence-corrected chi connectivity index (χ0v) is 12.5. The molecular weight excluding hydrogens is 266 g/mol. The number of anilines is 1. The summed E-state index contributed by atoms with van der Waals surface area (Å²) in [7, 11) is 0. The number of para-hydroxylation sites is 1. The molecule has 1 atom stereocenters. The van der Waals surface area contributed by atoms with E-state index in [-0.39, 0.29) is 5.78 Å². The Labute approximate surface area is 124 Å². The first-order chi connectivity index (χ1) is 9.75. The molecular formula is C17H19NOS. The number of hydrogen-bond acceptors (Lipinski definition) is 3. The number of carbonyl (C=O) groups excluding carboxylic acids is 1. The van der Waals surface area contributed by atoms with Gasteiger partial charge in [0.05, 0.1) is 4.88 Å². The van der Waals surface area contributed by atoms with E-state index in [1.807, 2.05) is 17.5 Å². The monoisotopic (exact) mass is 285 g/mol. The second-order valence-electron chi connectivity index (χ2n) is 5.38. The summed E-state index contributed by atoms with van der Waals surface area (Å²) >= 11 is 1.54. The fourth-order valence-corrected chi connectivity index (χ4v) is 3.64. The van der Waals surface area contributed by atoms with Gasteiger partial charge in [-0.25, -0.2) is 0 Å². The van der Waals surface area contributed by atoms with Gasteiger partial charge in [-0.05, 0) is 42.8 Å². The molecule has 0 saturated carbocycles. The van der Waals surface area contributed by atoms with Crippen LogP contribution < -0.4 is 4.90 Å². The SMILES string of the molecule is CC1Cc2ccccc2N1CCCC(=O)c1cccs1. The highest BCUT2D eigenvalue weighted by molar-refractivity contribution is 7.12. The predicted molar refractivity (Wildman–Crippen MR) is 84.8 cm³/mol. The maximum atomic E-state index is 12.0. The van der Waals surface area contributed by atoms with Gasteiger partial charge in [0.1, 0.15) is 0 Å². The van der Waals surface area contributed by atoms with E-state index in [4.69, 9.17) is 0 Å². The number of ketones is 1. The lowest BCUT2D eigenvalue weighted by Crippen LogP contribution is -2.30. The molecule has 1 aromatic heterocycles. The summed E-state index contributed by atoms with van der Waals surface area (Å²) in [6.07, 6.45) is 2.69. The summed E-state index contributed by atoms with van der Waals surface area (Å²) in [6.45, 7) is 3.23. The van der Waals surface area contributed by atoms with Gasteiger partial charge in [0.25, 0.3) is 0 Å². The number of nitrogens with zero attached hydrogens (tertiary/aromatic N) is 1. The molecule has 1 aliphatic heterocycles. The average Bonchev–Trinajstić information content (AvgIpc) is 3.07. The molecule has 1 aromatic carbocycles. The minimum absolute atomic E-state index is 0.278. The molecule has 0 bridgehead atoms. The van der Waals surface area contributed by atoms with Crippen molar-refractivity contribution in [1.82, 2.24) is 0 Å². The quantitative estimate of drug-likeness (QED) is 0.769. The highest BCUT2D eigenvalue weighted by atomic mass is 32.1. The Bertz CT molecular complexity index is 591. The van der Waals surface area contributed by atoms with Crippen molar-refractivity contribution >= 4 is 22.8 Å². The highest BCUT2D eigenvalue weighted by Gasteiger charge is 2.24. The van der Waals surface area contributed by atoms with Gasteiger partial charge in [0, 0.05) is 24.7 Å². The van der Waals surface area contributed by atoms with Crippen LogP contribution in [0.1, 0.15) is 35.0 Å². The lowest BCUT2D eigenvalue weighted by molar-refractivity contribution is 0.0984. The summed E-state index contributed by atoms with van der Waals surface area (Å²) < 4.78 is 0. The molecule has 104 valence electrons. The molecule has 3 rings (SSSR count). The van der Waals surface area contributed by atoms with Crippen molar-refractivity contribution in [3.05, 3.63) is 52.2 Å². The molecule has 0 aliphatic carbocycles. The van der Waals surface area contributed by atoms with Crippen molar-refractivity contribution in [2.75, 3.05) is 11.4 Å². The van der Waals surface area contributed by atoms with Crippen molar-refractivity contribution in [2.24, 2.45) is 0 Å². The third-order valence-corrected chi connectivity index (χ3v) is 4.86. The van der Waals surface area contributed by atoms with Crippen molar-refractivity contribution < 1.29 is 4.79 Å². The van der Waals surface area contributed by atoms with Crippen molar-refractivity contribution in [3.8, 4) is 0 Å². The maximum absolute atomic E-state index is 12.0. The molecule has 2 heterocycles. The minimum atomic E-state index is 0.278. The third-order valence-electron chi connectivity index (χ3n) is 3.95. The van der Waals surface area contributed by atoms with Gasteiger partial charge in [-0.3, -0.25) is 4.79 Å². The van der Waals surface area contributed by atoms with Gasteiger partial charge in [0.2, 0.25) is 0 Å². The fourth-order valence-electron chi connectivity index (χ4n) is 2.94. The second-order valence-corrected chi connectivity index (χ2v) is 6.33. The van der Waals surface area contributed by atoms with E-state index in [1.165, 1.54) is 22.6 Å². The number of hydrogen-bond donors (Lipinski definition) is 0.